The van der Waals surface area contributed by atoms with Crippen molar-refractivity contribution in [3.05, 3.63) is 41.4 Å². The summed E-state index contributed by atoms with van der Waals surface area (Å²) in [7, 11) is 0. The van der Waals surface area contributed by atoms with Crippen molar-refractivity contribution in [2.24, 2.45) is 0 Å². The van der Waals surface area contributed by atoms with Gasteiger partial charge < -0.3 is 19.9 Å². The molecule has 25 heavy (non-hydrogen) atoms. The topological polar surface area (TPSA) is 87.2 Å². The molecule has 0 unspecified atom stereocenters. The van der Waals surface area contributed by atoms with Crippen LogP contribution in [-0.4, -0.2) is 36.0 Å². The summed E-state index contributed by atoms with van der Waals surface area (Å²) in [4.78, 5) is 19.4. The molecule has 0 aliphatic rings. The van der Waals surface area contributed by atoms with Crippen LogP contribution in [0.2, 0.25) is 0 Å². The number of H-pyrrole nitrogens is 2. The lowest BCUT2D eigenvalue weighted by molar-refractivity contribution is 0.774. The number of nitrogens with one attached hydrogen (secondary N) is 3. The smallest absolute Gasteiger partial charge is 0.178 e. The van der Waals surface area contributed by atoms with Gasteiger partial charge in [-0.25, -0.2) is 15.0 Å². The zero-order chi connectivity index (χ0) is 17.2. The second-order valence-corrected chi connectivity index (χ2v) is 6.24. The zero-order valence-electron chi connectivity index (χ0n) is 13.9. The maximum absolute atomic E-state index is 5.40. The fraction of sp³-hybridized carbons (Fsp3) is 0.294. The Bertz CT molecular complexity index is 1060. The molecule has 4 rings (SSSR count). The quantitative estimate of drug-likeness (QED) is 0.365. The third kappa shape index (κ3) is 3.00. The summed E-state index contributed by atoms with van der Waals surface area (Å²) < 4.78 is 2.80. The van der Waals surface area contributed by atoms with E-state index >= 15 is 0 Å². The molecule has 0 aliphatic heterocycles. The molecule has 1 aromatic carbocycles. The fourth-order valence-electron chi connectivity index (χ4n) is 3.06. The molecule has 4 aromatic rings. The molecule has 7 nitrogen and oxygen atoms in total. The molecule has 3 heterocycles. The number of benzene rings is 1. The number of hydrogen-bond acceptors (Lipinski definition) is 5. The molecule has 8 heteroatoms. The van der Waals surface area contributed by atoms with Crippen molar-refractivity contribution in [3.8, 4) is 0 Å². The van der Waals surface area contributed by atoms with Crippen LogP contribution in [0.15, 0.2) is 30.9 Å². The van der Waals surface area contributed by atoms with Gasteiger partial charge in [-0.05, 0) is 37.7 Å². The van der Waals surface area contributed by atoms with Crippen molar-refractivity contribution in [1.82, 2.24) is 29.5 Å². The van der Waals surface area contributed by atoms with Gasteiger partial charge in [0.05, 0.1) is 16.6 Å². The van der Waals surface area contributed by atoms with E-state index in [4.69, 9.17) is 12.2 Å². The van der Waals surface area contributed by atoms with Crippen molar-refractivity contribution in [2.75, 3.05) is 11.9 Å². The van der Waals surface area contributed by atoms with Crippen LogP contribution in [0.5, 0.6) is 0 Å². The van der Waals surface area contributed by atoms with E-state index in [2.05, 4.69) is 53.9 Å². The lowest BCUT2D eigenvalue weighted by Gasteiger charge is -2.08. The Morgan fingerprint density at radius 1 is 1.24 bits per heavy atom. The normalized spacial score (nSPS) is 11.4. The number of nitrogens with zero attached hydrogens (tertiary/aromatic N) is 4. The molecule has 0 atom stereocenters. The Morgan fingerprint density at radius 2 is 2.16 bits per heavy atom. The van der Waals surface area contributed by atoms with Crippen LogP contribution in [0, 0.1) is 4.77 Å². The van der Waals surface area contributed by atoms with Gasteiger partial charge in [-0.1, -0.05) is 0 Å². The maximum atomic E-state index is 5.40. The number of aryl methyl sites for hydroxylation is 2. The lowest BCUT2D eigenvalue weighted by atomic mass is 10.2. The van der Waals surface area contributed by atoms with E-state index in [1.165, 1.54) is 0 Å². The van der Waals surface area contributed by atoms with Crippen LogP contribution in [-0.2, 0) is 13.0 Å². The predicted molar refractivity (Wildman–Crippen MR) is 101 cm³/mol. The Kier molecular flexibility index (Phi) is 4.19. The summed E-state index contributed by atoms with van der Waals surface area (Å²) in [6.07, 6.45) is 7.09. The zero-order valence-corrected chi connectivity index (χ0v) is 14.7. The van der Waals surface area contributed by atoms with E-state index in [0.29, 0.717) is 0 Å². The van der Waals surface area contributed by atoms with Crippen molar-refractivity contribution in [2.45, 2.75) is 26.3 Å². The van der Waals surface area contributed by atoms with Gasteiger partial charge in [0.1, 0.15) is 18.0 Å². The van der Waals surface area contributed by atoms with Gasteiger partial charge in [0, 0.05) is 37.3 Å². The molecular weight excluding hydrogens is 334 g/mol. The first-order valence-electron chi connectivity index (χ1n) is 8.35. The Labute approximate surface area is 149 Å². The highest BCUT2D eigenvalue weighted by Gasteiger charge is 2.09. The van der Waals surface area contributed by atoms with Crippen LogP contribution >= 0.6 is 12.2 Å². The molecule has 3 aromatic heterocycles. The van der Waals surface area contributed by atoms with E-state index in [-0.39, 0.29) is 0 Å². The number of aromatic amines is 2. The van der Waals surface area contributed by atoms with Crippen LogP contribution in [0.4, 0.5) is 5.82 Å². The van der Waals surface area contributed by atoms with Crippen molar-refractivity contribution < 1.29 is 0 Å². The van der Waals surface area contributed by atoms with Gasteiger partial charge in [-0.2, -0.15) is 0 Å². The largest absolute Gasteiger partial charge is 0.369 e. The van der Waals surface area contributed by atoms with Crippen molar-refractivity contribution >= 4 is 40.0 Å². The molecule has 0 radical (unpaired) electrons. The second-order valence-electron chi connectivity index (χ2n) is 5.85. The number of anilines is 1. The van der Waals surface area contributed by atoms with E-state index in [9.17, 15) is 0 Å². The minimum absolute atomic E-state index is 0.730. The monoisotopic (exact) mass is 353 g/mol. The van der Waals surface area contributed by atoms with Gasteiger partial charge >= 0.3 is 0 Å². The van der Waals surface area contributed by atoms with Gasteiger partial charge in [0.25, 0.3) is 0 Å². The summed E-state index contributed by atoms with van der Waals surface area (Å²) in [5.41, 5.74) is 2.99. The Balaban J connectivity index is 1.60. The summed E-state index contributed by atoms with van der Waals surface area (Å²) in [6.45, 7) is 3.73. The SMILES string of the molecule is CCn1c(=S)[nH]c2cc3c(NCCCc4ncc[nH]4)ncnc3cc21. The number of imidazole rings is 2. The molecule has 0 aliphatic carbocycles. The minimum atomic E-state index is 0.730. The van der Waals surface area contributed by atoms with E-state index in [1.807, 2.05) is 6.20 Å². The third-order valence-electron chi connectivity index (χ3n) is 4.28. The van der Waals surface area contributed by atoms with Gasteiger partial charge in [0.2, 0.25) is 0 Å². The molecule has 0 amide bonds. The highest BCUT2D eigenvalue weighted by molar-refractivity contribution is 7.71. The first-order chi connectivity index (χ1) is 12.3. The molecule has 0 bridgehead atoms. The molecular formula is C17H19N7S. The fourth-order valence-corrected chi connectivity index (χ4v) is 3.40. The highest BCUT2D eigenvalue weighted by Crippen LogP contribution is 2.25. The maximum Gasteiger partial charge on any atom is 0.178 e. The second kappa shape index (κ2) is 6.64. The predicted octanol–water partition coefficient (Wildman–Crippen LogP) is 3.43. The first kappa shape index (κ1) is 15.8. The molecule has 3 N–H and O–H groups in total. The van der Waals surface area contributed by atoms with Crippen LogP contribution < -0.4 is 5.32 Å². The average Bonchev–Trinajstić information content (AvgIpc) is 3.23. The van der Waals surface area contributed by atoms with E-state index in [0.717, 1.165) is 64.3 Å². The van der Waals surface area contributed by atoms with Crippen LogP contribution in [0.25, 0.3) is 21.9 Å². The Hall–Kier alpha value is -2.74. The van der Waals surface area contributed by atoms with E-state index in [1.54, 1.807) is 12.5 Å². The molecule has 0 spiro atoms. The van der Waals surface area contributed by atoms with E-state index < -0.39 is 0 Å². The highest BCUT2D eigenvalue weighted by atomic mass is 32.1. The summed E-state index contributed by atoms with van der Waals surface area (Å²) in [5.74, 6) is 1.85. The number of fused-ring (bicyclic) bond motifs is 2. The van der Waals surface area contributed by atoms with Crippen molar-refractivity contribution in [3.63, 3.8) is 0 Å². The third-order valence-corrected chi connectivity index (χ3v) is 4.61. The number of aromatic nitrogens is 6. The molecule has 128 valence electrons. The number of rotatable bonds is 6. The van der Waals surface area contributed by atoms with Gasteiger partial charge in [-0.15, -0.1) is 0 Å². The first-order valence-corrected chi connectivity index (χ1v) is 8.76. The molecule has 0 saturated heterocycles. The molecule has 0 fully saturated rings. The van der Waals surface area contributed by atoms with Gasteiger partial charge in [-0.3, -0.25) is 0 Å². The lowest BCUT2D eigenvalue weighted by Crippen LogP contribution is -2.06. The number of hydrogen-bond donors (Lipinski definition) is 3. The summed E-state index contributed by atoms with van der Waals surface area (Å²) in [6, 6.07) is 4.14. The van der Waals surface area contributed by atoms with Gasteiger partial charge in [0.15, 0.2) is 4.77 Å². The van der Waals surface area contributed by atoms with Crippen LogP contribution in [0.3, 0.4) is 0 Å². The standard InChI is InChI=1S/C17H19N7S/c1-2-24-14-9-12-11(8-13(14)23-17(24)25)16(22-10-21-12)20-5-3-4-15-18-6-7-19-15/h6-10H,2-5H2,1H3,(H,18,19)(H,23,25)(H,20,21,22). The summed E-state index contributed by atoms with van der Waals surface area (Å²) >= 11 is 5.40. The molecule has 0 saturated carbocycles. The van der Waals surface area contributed by atoms with Crippen molar-refractivity contribution in [1.29, 1.82) is 0 Å². The van der Waals surface area contributed by atoms with Crippen LogP contribution in [0.1, 0.15) is 19.2 Å². The minimum Gasteiger partial charge on any atom is -0.369 e. The Morgan fingerprint density at radius 3 is 2.96 bits per heavy atom. The summed E-state index contributed by atoms with van der Waals surface area (Å²) in [5, 5.41) is 4.40. The average molecular weight is 353 g/mol.